The second-order valence-electron chi connectivity index (χ2n) is 3.47. The first-order valence-corrected chi connectivity index (χ1v) is 5.57. The average molecular weight is 258 g/mol. The van der Waals surface area contributed by atoms with Crippen LogP contribution < -0.4 is 0 Å². The molecule has 15 heavy (non-hydrogen) atoms. The lowest BCUT2D eigenvalue weighted by Gasteiger charge is -2.04. The van der Waals surface area contributed by atoms with Gasteiger partial charge >= 0.3 is 0 Å². The van der Waals surface area contributed by atoms with Crippen molar-refractivity contribution >= 4 is 37.6 Å². The maximum Gasteiger partial charge on any atom is 0.0719 e. The van der Waals surface area contributed by atoms with E-state index in [1.807, 2.05) is 12.3 Å². The van der Waals surface area contributed by atoms with Crippen molar-refractivity contribution in [3.05, 3.63) is 53.1 Å². The van der Waals surface area contributed by atoms with Crippen molar-refractivity contribution in [2.45, 2.75) is 0 Å². The Labute approximate surface area is 95.9 Å². The van der Waals surface area contributed by atoms with E-state index in [0.29, 0.717) is 0 Å². The fourth-order valence-electron chi connectivity index (χ4n) is 1.88. The van der Waals surface area contributed by atoms with Gasteiger partial charge in [0.05, 0.1) is 5.52 Å². The summed E-state index contributed by atoms with van der Waals surface area (Å²) in [4.78, 5) is 4.36. The molecule has 0 aliphatic heterocycles. The predicted molar refractivity (Wildman–Crippen MR) is 66.9 cm³/mol. The molecule has 0 radical (unpaired) electrons. The van der Waals surface area contributed by atoms with Crippen molar-refractivity contribution in [3.8, 4) is 0 Å². The van der Waals surface area contributed by atoms with E-state index in [4.69, 9.17) is 0 Å². The molecule has 1 heterocycles. The highest BCUT2D eigenvalue weighted by atomic mass is 79.9. The number of nitrogens with zero attached hydrogens (tertiary/aromatic N) is 1. The maximum absolute atomic E-state index is 4.36. The lowest BCUT2D eigenvalue weighted by atomic mass is 10.1. The standard InChI is InChI=1S/C13H8BrN/c14-11-7-8-15-12-6-5-9-3-1-2-4-10(9)13(11)12/h1-8H. The Morgan fingerprint density at radius 1 is 0.933 bits per heavy atom. The SMILES string of the molecule is Brc1ccnc2ccc3ccccc3c12. The van der Waals surface area contributed by atoms with Gasteiger partial charge in [0.15, 0.2) is 0 Å². The van der Waals surface area contributed by atoms with Gasteiger partial charge in [-0.15, -0.1) is 0 Å². The molecule has 72 valence electrons. The summed E-state index contributed by atoms with van der Waals surface area (Å²) in [6, 6.07) is 14.5. The summed E-state index contributed by atoms with van der Waals surface area (Å²) in [6.07, 6.45) is 1.82. The first-order chi connectivity index (χ1) is 7.36. The van der Waals surface area contributed by atoms with Crippen molar-refractivity contribution in [1.82, 2.24) is 4.98 Å². The Morgan fingerprint density at radius 3 is 2.73 bits per heavy atom. The van der Waals surface area contributed by atoms with Gasteiger partial charge in [0, 0.05) is 16.1 Å². The molecule has 0 saturated heterocycles. The van der Waals surface area contributed by atoms with E-state index in [0.717, 1.165) is 9.99 Å². The molecule has 0 atom stereocenters. The van der Waals surface area contributed by atoms with Crippen molar-refractivity contribution in [3.63, 3.8) is 0 Å². The Bertz CT molecular complexity index is 646. The molecular formula is C13H8BrN. The van der Waals surface area contributed by atoms with Crippen LogP contribution in [-0.4, -0.2) is 4.98 Å². The van der Waals surface area contributed by atoms with E-state index < -0.39 is 0 Å². The Hall–Kier alpha value is -1.41. The molecule has 0 amide bonds. The van der Waals surface area contributed by atoms with Crippen molar-refractivity contribution in [1.29, 1.82) is 0 Å². The van der Waals surface area contributed by atoms with E-state index in [1.54, 1.807) is 0 Å². The Kier molecular flexibility index (Phi) is 1.96. The van der Waals surface area contributed by atoms with Gasteiger partial charge in [0.2, 0.25) is 0 Å². The van der Waals surface area contributed by atoms with Gasteiger partial charge in [0.1, 0.15) is 0 Å². The number of hydrogen-bond donors (Lipinski definition) is 0. The molecule has 0 N–H and O–H groups in total. The number of aromatic nitrogens is 1. The van der Waals surface area contributed by atoms with Crippen LogP contribution in [0.2, 0.25) is 0 Å². The molecule has 1 nitrogen and oxygen atoms in total. The molecule has 3 rings (SSSR count). The van der Waals surface area contributed by atoms with Crippen molar-refractivity contribution < 1.29 is 0 Å². The van der Waals surface area contributed by atoms with E-state index in [-0.39, 0.29) is 0 Å². The highest BCUT2D eigenvalue weighted by Crippen LogP contribution is 2.29. The highest BCUT2D eigenvalue weighted by molar-refractivity contribution is 9.10. The van der Waals surface area contributed by atoms with E-state index in [2.05, 4.69) is 57.3 Å². The predicted octanol–water partition coefficient (Wildman–Crippen LogP) is 4.15. The number of benzene rings is 2. The van der Waals surface area contributed by atoms with Gasteiger partial charge in [-0.2, -0.15) is 0 Å². The Morgan fingerprint density at radius 2 is 1.80 bits per heavy atom. The minimum atomic E-state index is 1.03. The monoisotopic (exact) mass is 257 g/mol. The number of fused-ring (bicyclic) bond motifs is 3. The van der Waals surface area contributed by atoms with E-state index in [1.165, 1.54) is 16.2 Å². The van der Waals surface area contributed by atoms with Crippen molar-refractivity contribution in [2.75, 3.05) is 0 Å². The first-order valence-electron chi connectivity index (χ1n) is 4.78. The molecule has 0 spiro atoms. The summed E-state index contributed by atoms with van der Waals surface area (Å²) in [6.45, 7) is 0. The molecule has 0 saturated carbocycles. The van der Waals surface area contributed by atoms with Crippen LogP contribution in [0.15, 0.2) is 53.1 Å². The van der Waals surface area contributed by atoms with Gasteiger partial charge < -0.3 is 0 Å². The fourth-order valence-corrected chi connectivity index (χ4v) is 2.42. The second-order valence-corrected chi connectivity index (χ2v) is 4.33. The number of pyridine rings is 1. The molecular weight excluding hydrogens is 250 g/mol. The van der Waals surface area contributed by atoms with Crippen LogP contribution in [0, 0.1) is 0 Å². The maximum atomic E-state index is 4.36. The van der Waals surface area contributed by atoms with E-state index in [9.17, 15) is 0 Å². The van der Waals surface area contributed by atoms with Crippen LogP contribution in [0.4, 0.5) is 0 Å². The van der Waals surface area contributed by atoms with Crippen LogP contribution in [0.1, 0.15) is 0 Å². The van der Waals surface area contributed by atoms with Gasteiger partial charge in [-0.1, -0.05) is 46.3 Å². The zero-order valence-electron chi connectivity index (χ0n) is 7.94. The van der Waals surface area contributed by atoms with Crippen LogP contribution >= 0.6 is 15.9 Å². The molecule has 2 aromatic carbocycles. The summed E-state index contributed by atoms with van der Waals surface area (Å²) < 4.78 is 1.10. The number of rotatable bonds is 0. The van der Waals surface area contributed by atoms with Crippen molar-refractivity contribution in [2.24, 2.45) is 0 Å². The zero-order valence-corrected chi connectivity index (χ0v) is 9.53. The molecule has 0 fully saturated rings. The quantitative estimate of drug-likeness (QED) is 0.552. The topological polar surface area (TPSA) is 12.9 Å². The van der Waals surface area contributed by atoms with E-state index >= 15 is 0 Å². The Balaban J connectivity index is 2.64. The minimum absolute atomic E-state index is 1.03. The number of halogens is 1. The third kappa shape index (κ3) is 1.33. The molecule has 0 unspecified atom stereocenters. The minimum Gasteiger partial charge on any atom is -0.256 e. The van der Waals surface area contributed by atoms with Gasteiger partial charge in [-0.3, -0.25) is 4.98 Å². The van der Waals surface area contributed by atoms with Gasteiger partial charge in [-0.25, -0.2) is 0 Å². The first kappa shape index (κ1) is 8.86. The van der Waals surface area contributed by atoms with Gasteiger partial charge in [0.25, 0.3) is 0 Å². The van der Waals surface area contributed by atoms with Gasteiger partial charge in [-0.05, 0) is 22.9 Å². The average Bonchev–Trinajstić information content (AvgIpc) is 2.29. The lowest BCUT2D eigenvalue weighted by molar-refractivity contribution is 1.41. The zero-order chi connectivity index (χ0) is 10.3. The normalized spacial score (nSPS) is 11.0. The van der Waals surface area contributed by atoms with Crippen LogP contribution in [0.3, 0.4) is 0 Å². The summed E-state index contributed by atoms with van der Waals surface area (Å²) >= 11 is 3.58. The lowest BCUT2D eigenvalue weighted by Crippen LogP contribution is -1.81. The molecule has 1 aromatic heterocycles. The van der Waals surface area contributed by atoms with Crippen LogP contribution in [-0.2, 0) is 0 Å². The second kappa shape index (κ2) is 3.31. The van der Waals surface area contributed by atoms with Crippen LogP contribution in [0.25, 0.3) is 21.7 Å². The largest absolute Gasteiger partial charge is 0.256 e. The summed E-state index contributed by atoms with van der Waals surface area (Å²) in [5, 5.41) is 3.68. The fraction of sp³-hybridized carbons (Fsp3) is 0. The number of hydrogen-bond acceptors (Lipinski definition) is 1. The molecule has 0 aliphatic carbocycles. The summed E-state index contributed by atoms with van der Waals surface area (Å²) in [5.74, 6) is 0. The molecule has 2 heteroatoms. The molecule has 0 bridgehead atoms. The third-order valence-corrected chi connectivity index (χ3v) is 3.24. The summed E-state index contributed by atoms with van der Waals surface area (Å²) in [5.41, 5.74) is 1.03. The molecule has 0 aliphatic rings. The highest BCUT2D eigenvalue weighted by Gasteiger charge is 2.03. The smallest absolute Gasteiger partial charge is 0.0719 e. The summed E-state index contributed by atoms with van der Waals surface area (Å²) in [7, 11) is 0. The molecule has 3 aromatic rings. The van der Waals surface area contributed by atoms with Crippen LogP contribution in [0.5, 0.6) is 0 Å². The third-order valence-electron chi connectivity index (χ3n) is 2.58.